The molecule has 0 aliphatic carbocycles. The first-order valence-electron chi connectivity index (χ1n) is 10.2. The molecule has 8 nitrogen and oxygen atoms in total. The van der Waals surface area contributed by atoms with E-state index >= 15 is 0 Å². The van der Waals surface area contributed by atoms with E-state index in [1.807, 2.05) is 0 Å². The number of carbonyl (C=O) groups is 2. The van der Waals surface area contributed by atoms with Crippen LogP contribution in [0.15, 0.2) is 41.4 Å². The predicted molar refractivity (Wildman–Crippen MR) is 119 cm³/mol. The number of hydrogen-bond donors (Lipinski definition) is 2. The lowest BCUT2D eigenvalue weighted by molar-refractivity contribution is -0.279. The molecule has 35 heavy (non-hydrogen) atoms. The first kappa shape index (κ1) is 26.4. The molecule has 1 unspecified atom stereocenters. The zero-order valence-electron chi connectivity index (χ0n) is 18.8. The highest BCUT2D eigenvalue weighted by molar-refractivity contribution is 6.29. The van der Waals surface area contributed by atoms with E-state index in [0.29, 0.717) is 0 Å². The summed E-state index contributed by atoms with van der Waals surface area (Å²) >= 11 is 5.76. The lowest BCUT2D eigenvalue weighted by Crippen LogP contribution is -2.54. The van der Waals surface area contributed by atoms with Gasteiger partial charge in [0.25, 0.3) is 5.91 Å². The molecule has 1 aromatic carbocycles. The molecule has 188 valence electrons. The van der Waals surface area contributed by atoms with Crippen LogP contribution in [0.4, 0.5) is 28.0 Å². The number of ether oxygens (including phenoxy) is 2. The van der Waals surface area contributed by atoms with Gasteiger partial charge in [0.2, 0.25) is 5.60 Å². The van der Waals surface area contributed by atoms with Gasteiger partial charge in [0, 0.05) is 0 Å². The number of nitrogens with zero attached hydrogens (tertiary/aromatic N) is 2. The van der Waals surface area contributed by atoms with E-state index in [-0.39, 0.29) is 16.7 Å². The van der Waals surface area contributed by atoms with Gasteiger partial charge in [-0.2, -0.15) is 13.2 Å². The number of benzene rings is 1. The first-order valence-corrected chi connectivity index (χ1v) is 10.6. The second kappa shape index (κ2) is 9.78. The molecule has 3 rings (SSSR count). The molecule has 1 aromatic heterocycles. The van der Waals surface area contributed by atoms with Crippen LogP contribution in [-0.2, 0) is 15.1 Å². The number of amides is 2. The summed E-state index contributed by atoms with van der Waals surface area (Å²) in [6, 6.07) is 7.14. The Kier molecular flexibility index (Phi) is 7.37. The molecule has 0 radical (unpaired) electrons. The largest absolute Gasteiger partial charge is 0.444 e. The number of aliphatic imine (C=N–C) groups is 1. The number of pyridine rings is 1. The van der Waals surface area contributed by atoms with E-state index < -0.39 is 59.6 Å². The van der Waals surface area contributed by atoms with E-state index in [1.165, 1.54) is 18.2 Å². The van der Waals surface area contributed by atoms with Gasteiger partial charge in [0.15, 0.2) is 0 Å². The van der Waals surface area contributed by atoms with E-state index in [2.05, 4.69) is 20.6 Å². The van der Waals surface area contributed by atoms with E-state index in [4.69, 9.17) is 21.1 Å². The third kappa shape index (κ3) is 6.06. The van der Waals surface area contributed by atoms with Gasteiger partial charge >= 0.3 is 12.3 Å². The number of halogens is 5. The minimum Gasteiger partial charge on any atom is -0.444 e. The summed E-state index contributed by atoms with van der Waals surface area (Å²) < 4.78 is 68.1. The molecule has 0 saturated carbocycles. The molecule has 2 heterocycles. The quantitative estimate of drug-likeness (QED) is 0.449. The maximum absolute atomic E-state index is 14.9. The molecular formula is C22H21ClF4N4O4. The average molecular weight is 517 g/mol. The highest BCUT2D eigenvalue weighted by Crippen LogP contribution is 2.47. The summed E-state index contributed by atoms with van der Waals surface area (Å²) in [5.41, 5.74) is -5.76. The molecule has 1 aliphatic rings. The summed E-state index contributed by atoms with van der Waals surface area (Å²) in [5, 5.41) is 4.44. The van der Waals surface area contributed by atoms with E-state index in [1.54, 1.807) is 20.8 Å². The summed E-state index contributed by atoms with van der Waals surface area (Å²) in [6.45, 7) is 2.88. The van der Waals surface area contributed by atoms with Gasteiger partial charge < -0.3 is 14.8 Å². The van der Waals surface area contributed by atoms with Gasteiger partial charge in [0.1, 0.15) is 34.7 Å². The Morgan fingerprint density at radius 1 is 1.11 bits per heavy atom. The summed E-state index contributed by atoms with van der Waals surface area (Å²) in [6.07, 6.45) is -6.09. The van der Waals surface area contributed by atoms with Gasteiger partial charge in [0.05, 0.1) is 17.8 Å². The molecule has 2 N–H and O–H groups in total. The summed E-state index contributed by atoms with van der Waals surface area (Å²) in [4.78, 5) is 32.1. The van der Waals surface area contributed by atoms with Crippen molar-refractivity contribution in [2.24, 2.45) is 4.99 Å². The van der Waals surface area contributed by atoms with Crippen LogP contribution in [0.1, 0.15) is 36.8 Å². The summed E-state index contributed by atoms with van der Waals surface area (Å²) in [5.74, 6) is -2.43. The summed E-state index contributed by atoms with van der Waals surface area (Å²) in [7, 11) is 0. The third-order valence-corrected chi connectivity index (χ3v) is 4.87. The number of hydrogen-bond acceptors (Lipinski definition) is 6. The van der Waals surface area contributed by atoms with Crippen molar-refractivity contribution in [3.05, 3.63) is 58.6 Å². The number of amidine groups is 1. The van der Waals surface area contributed by atoms with Crippen LogP contribution >= 0.6 is 11.6 Å². The van der Waals surface area contributed by atoms with Crippen molar-refractivity contribution in [1.82, 2.24) is 10.3 Å². The van der Waals surface area contributed by atoms with Crippen molar-refractivity contribution in [2.45, 2.75) is 38.1 Å². The first-order chi connectivity index (χ1) is 16.2. The van der Waals surface area contributed by atoms with Crippen molar-refractivity contribution in [3.63, 3.8) is 0 Å². The fourth-order valence-corrected chi connectivity index (χ4v) is 3.37. The van der Waals surface area contributed by atoms with Crippen LogP contribution in [0.5, 0.6) is 0 Å². The van der Waals surface area contributed by atoms with Crippen molar-refractivity contribution in [1.29, 1.82) is 0 Å². The number of anilines is 1. The lowest BCUT2D eigenvalue weighted by atomic mass is 9.89. The highest BCUT2D eigenvalue weighted by atomic mass is 35.5. The Balaban J connectivity index is 1.95. The lowest BCUT2D eigenvalue weighted by Gasteiger charge is -2.38. The van der Waals surface area contributed by atoms with E-state index in [9.17, 15) is 27.2 Å². The minimum absolute atomic E-state index is 0.0150. The van der Waals surface area contributed by atoms with E-state index in [0.717, 1.165) is 18.2 Å². The number of nitrogens with one attached hydrogen (secondary N) is 2. The van der Waals surface area contributed by atoms with Crippen molar-refractivity contribution in [2.75, 3.05) is 18.5 Å². The zero-order valence-corrected chi connectivity index (χ0v) is 19.6. The van der Waals surface area contributed by atoms with Gasteiger partial charge in [-0.05, 0) is 45.0 Å². The number of carbonyl (C=O) groups excluding carboxylic acids is 2. The molecule has 1 aliphatic heterocycles. The van der Waals surface area contributed by atoms with Crippen molar-refractivity contribution in [3.8, 4) is 0 Å². The molecule has 0 saturated heterocycles. The van der Waals surface area contributed by atoms with Crippen molar-refractivity contribution < 1.29 is 36.6 Å². The fourth-order valence-electron chi connectivity index (χ4n) is 3.21. The number of alkyl halides is 3. The fraction of sp³-hybridized carbons (Fsp3) is 0.364. The number of alkyl carbamates (subject to hydrolysis) is 1. The Morgan fingerprint density at radius 2 is 1.80 bits per heavy atom. The van der Waals surface area contributed by atoms with Gasteiger partial charge in [-0.15, -0.1) is 0 Å². The minimum atomic E-state index is -5.15. The van der Waals surface area contributed by atoms with Crippen LogP contribution in [-0.4, -0.2) is 47.7 Å². The Morgan fingerprint density at radius 3 is 2.37 bits per heavy atom. The molecule has 1 atom stereocenters. The Hall–Kier alpha value is -3.25. The second-order valence-electron chi connectivity index (χ2n) is 8.47. The maximum atomic E-state index is 14.9. The standard InChI is InChI=1S/C22H21ClF4N4O4/c1-20(2,3)35-19(33)31-16-10-34-21(11-28-16,22(25,26)27)17-12(24)6-4-7-13(17)30-18(32)14-8-5-9-15(23)29-14/h4-9H,10-11H2,1-3H3,(H,30,32)(H,28,31,33). The van der Waals surface area contributed by atoms with Crippen LogP contribution in [0.25, 0.3) is 0 Å². The van der Waals surface area contributed by atoms with Crippen molar-refractivity contribution >= 4 is 35.1 Å². The molecule has 13 heteroatoms. The number of aromatic nitrogens is 1. The van der Waals surface area contributed by atoms with Gasteiger partial charge in [-0.1, -0.05) is 23.7 Å². The second-order valence-corrected chi connectivity index (χ2v) is 8.85. The monoisotopic (exact) mass is 516 g/mol. The van der Waals surface area contributed by atoms with Crippen LogP contribution in [0, 0.1) is 5.82 Å². The molecule has 0 spiro atoms. The van der Waals surface area contributed by atoms with Gasteiger partial charge in [-0.25, -0.2) is 14.2 Å². The molecule has 0 bridgehead atoms. The topological polar surface area (TPSA) is 102 Å². The normalized spacial score (nSPS) is 18.5. The van der Waals surface area contributed by atoms with Crippen LogP contribution in [0.3, 0.4) is 0 Å². The predicted octanol–water partition coefficient (Wildman–Crippen LogP) is 4.84. The molecule has 0 fully saturated rings. The Labute approximate surface area is 202 Å². The SMILES string of the molecule is CC(C)(C)OC(=O)NC1=NCC(c2c(F)cccc2NC(=O)c2cccc(Cl)n2)(C(F)(F)F)OC1. The van der Waals surface area contributed by atoms with Crippen LogP contribution < -0.4 is 10.6 Å². The molecular weight excluding hydrogens is 496 g/mol. The maximum Gasteiger partial charge on any atom is 0.423 e. The highest BCUT2D eigenvalue weighted by Gasteiger charge is 2.61. The Bertz CT molecular complexity index is 1170. The van der Waals surface area contributed by atoms with Gasteiger partial charge in [-0.3, -0.25) is 15.1 Å². The smallest absolute Gasteiger partial charge is 0.423 e. The zero-order chi connectivity index (χ0) is 26.0. The molecule has 2 amide bonds. The molecule has 2 aromatic rings. The number of rotatable bonds is 3. The van der Waals surface area contributed by atoms with Crippen LogP contribution in [0.2, 0.25) is 5.15 Å². The third-order valence-electron chi connectivity index (χ3n) is 4.66. The average Bonchev–Trinajstić information content (AvgIpc) is 2.72.